The molecule has 12 aromatic carbocycles. The predicted octanol–water partition coefficient (Wildman–Crippen LogP) is 21.2. The van der Waals surface area contributed by atoms with Crippen LogP contribution >= 0.6 is 0 Å². The number of hydrogen-bond donors (Lipinski definition) is 0. The van der Waals surface area contributed by atoms with Crippen molar-refractivity contribution in [2.45, 2.75) is 10.8 Å². The van der Waals surface area contributed by atoms with Crippen molar-refractivity contribution >= 4 is 51.2 Å². The molecule has 1 heterocycles. The Labute approximate surface area is 494 Å². The Bertz CT molecular complexity index is 4610. The zero-order valence-corrected chi connectivity index (χ0v) is 46.1. The van der Waals surface area contributed by atoms with Crippen LogP contribution in [-0.4, -0.2) is 0 Å². The van der Waals surface area contributed by atoms with Crippen LogP contribution in [0.4, 0.5) is 34.6 Å². The molecular formula is C78H49F4NO3. The standard InChI is InChI=1S/C78H49F4NO3/c1-3-48-26-36-54(37-27-48)84-56-40-30-50(31-41-56)77(66-20-12-22-70(79)74(66)81)64-18-8-5-14-58(64)60-44-34-52(46-68(60)77)83(72-24-11-17-63-62-16-7-10-25-73(62)86-76(63)72)53-35-45-61-59-15-6-9-19-65(59)78(69(61)47-53,67-21-13-23-71(80)75(67)82)51-32-42-57(43-33-51)85-55-38-28-49(4-2)29-39-55/h3-47H,1-2H2. The number of para-hydroxylation sites is 2. The lowest BCUT2D eigenvalue weighted by molar-refractivity contribution is 0.480. The summed E-state index contributed by atoms with van der Waals surface area (Å²) in [5.41, 5.74) is 10.1. The van der Waals surface area contributed by atoms with Gasteiger partial charge in [-0.15, -0.1) is 0 Å². The third-order valence-corrected chi connectivity index (χ3v) is 17.2. The van der Waals surface area contributed by atoms with E-state index in [9.17, 15) is 0 Å². The Kier molecular flexibility index (Phi) is 12.3. The molecule has 8 heteroatoms. The summed E-state index contributed by atoms with van der Waals surface area (Å²) in [4.78, 5) is 2.11. The molecule has 0 spiro atoms. The minimum absolute atomic E-state index is 0.125. The highest BCUT2D eigenvalue weighted by atomic mass is 19.2. The Balaban J connectivity index is 0.975. The second-order valence-electron chi connectivity index (χ2n) is 21.6. The monoisotopic (exact) mass is 1120 g/mol. The number of nitrogens with zero attached hydrogens (tertiary/aromatic N) is 1. The molecule has 2 aliphatic rings. The number of anilines is 3. The van der Waals surface area contributed by atoms with Gasteiger partial charge in [-0.1, -0.05) is 189 Å². The first-order valence-electron chi connectivity index (χ1n) is 28.3. The number of furan rings is 1. The zero-order chi connectivity index (χ0) is 58.3. The molecule has 13 aromatic rings. The molecule has 2 atom stereocenters. The summed E-state index contributed by atoms with van der Waals surface area (Å²) >= 11 is 0. The number of ether oxygens (including phenoxy) is 2. The lowest BCUT2D eigenvalue weighted by Gasteiger charge is -2.36. The van der Waals surface area contributed by atoms with E-state index >= 15 is 17.6 Å². The topological polar surface area (TPSA) is 34.8 Å². The van der Waals surface area contributed by atoms with Crippen LogP contribution in [0, 0.1) is 23.3 Å². The van der Waals surface area contributed by atoms with Gasteiger partial charge in [0.15, 0.2) is 28.9 Å². The van der Waals surface area contributed by atoms with Gasteiger partial charge >= 0.3 is 0 Å². The van der Waals surface area contributed by atoms with Crippen LogP contribution in [0.3, 0.4) is 0 Å². The molecule has 0 saturated carbocycles. The molecule has 0 bridgehead atoms. The van der Waals surface area contributed by atoms with Gasteiger partial charge in [-0.25, -0.2) is 17.6 Å². The summed E-state index contributed by atoms with van der Waals surface area (Å²) in [6, 6.07) is 81.0. The first kappa shape index (κ1) is 51.9. The highest BCUT2D eigenvalue weighted by Crippen LogP contribution is 2.61. The average Bonchev–Trinajstić information content (AvgIpc) is 1.54. The summed E-state index contributed by atoms with van der Waals surface area (Å²) in [6.45, 7) is 7.75. The minimum Gasteiger partial charge on any atom is -0.457 e. The molecule has 0 saturated heterocycles. The highest BCUT2D eigenvalue weighted by molar-refractivity contribution is 6.10. The lowest BCUT2D eigenvalue weighted by atomic mass is 9.67. The number of hydrogen-bond acceptors (Lipinski definition) is 4. The molecular weight excluding hydrogens is 1070 g/mol. The maximum absolute atomic E-state index is 17.4. The molecule has 0 N–H and O–H groups in total. The van der Waals surface area contributed by atoms with E-state index < -0.39 is 34.1 Å². The molecule has 15 rings (SSSR count). The molecule has 0 aliphatic heterocycles. The number of rotatable bonds is 13. The fourth-order valence-electron chi connectivity index (χ4n) is 13.4. The van der Waals surface area contributed by atoms with Crippen LogP contribution in [-0.2, 0) is 10.8 Å². The Morgan fingerprint density at radius 1 is 0.360 bits per heavy atom. The molecule has 412 valence electrons. The first-order valence-corrected chi connectivity index (χ1v) is 28.3. The van der Waals surface area contributed by atoms with Crippen molar-refractivity contribution in [1.82, 2.24) is 0 Å². The lowest BCUT2D eigenvalue weighted by Crippen LogP contribution is -2.30. The predicted molar refractivity (Wildman–Crippen MR) is 336 cm³/mol. The number of benzene rings is 12. The quantitative estimate of drug-likeness (QED) is 0.108. The smallest absolute Gasteiger partial charge is 0.163 e. The van der Waals surface area contributed by atoms with E-state index in [1.54, 1.807) is 36.4 Å². The molecule has 2 unspecified atom stereocenters. The van der Waals surface area contributed by atoms with Crippen LogP contribution in [0.25, 0.3) is 56.3 Å². The maximum Gasteiger partial charge on any atom is 0.163 e. The van der Waals surface area contributed by atoms with Crippen molar-refractivity contribution in [2.75, 3.05) is 4.90 Å². The van der Waals surface area contributed by atoms with Gasteiger partial charge in [0.1, 0.15) is 28.6 Å². The average molecular weight is 1120 g/mol. The van der Waals surface area contributed by atoms with E-state index in [-0.39, 0.29) is 11.1 Å². The van der Waals surface area contributed by atoms with Gasteiger partial charge in [-0.3, -0.25) is 0 Å². The summed E-state index contributed by atoms with van der Waals surface area (Å²) < 4.78 is 86.6. The van der Waals surface area contributed by atoms with Gasteiger partial charge < -0.3 is 18.8 Å². The summed E-state index contributed by atoms with van der Waals surface area (Å²) in [7, 11) is 0. The van der Waals surface area contributed by atoms with Crippen molar-refractivity contribution in [2.24, 2.45) is 0 Å². The van der Waals surface area contributed by atoms with Crippen molar-refractivity contribution in [3.8, 4) is 45.3 Å². The second kappa shape index (κ2) is 20.4. The molecule has 1 aromatic heterocycles. The SMILES string of the molecule is C=Cc1ccc(Oc2ccc(C3(c4cccc(F)c4F)c4ccccc4-c4ccc(N(c5ccc6c(c5)C(c5ccc(Oc7ccc(C=C)cc7)cc5)(c5cccc(F)c5F)c5ccccc5-6)c5cccc6c5oc5ccccc56)cc43)cc2)cc1. The maximum atomic E-state index is 17.4. The molecule has 4 nitrogen and oxygen atoms in total. The number of fused-ring (bicyclic) bond motifs is 9. The van der Waals surface area contributed by atoms with Gasteiger partial charge in [-0.2, -0.15) is 0 Å². The van der Waals surface area contributed by atoms with E-state index in [1.807, 2.05) is 212 Å². The first-order chi connectivity index (χ1) is 42.2. The van der Waals surface area contributed by atoms with Crippen LogP contribution in [0.5, 0.6) is 23.0 Å². The second-order valence-corrected chi connectivity index (χ2v) is 21.6. The third-order valence-electron chi connectivity index (χ3n) is 17.2. The minimum atomic E-state index is -1.43. The van der Waals surface area contributed by atoms with Crippen molar-refractivity contribution < 1.29 is 31.5 Å². The zero-order valence-electron chi connectivity index (χ0n) is 46.1. The van der Waals surface area contributed by atoms with E-state index in [0.717, 1.165) is 67.4 Å². The summed E-state index contributed by atoms with van der Waals surface area (Å²) in [5.74, 6) is -1.58. The number of halogens is 4. The largest absolute Gasteiger partial charge is 0.457 e. The van der Waals surface area contributed by atoms with E-state index in [4.69, 9.17) is 13.9 Å². The third kappa shape index (κ3) is 7.97. The van der Waals surface area contributed by atoms with Crippen molar-refractivity contribution in [3.63, 3.8) is 0 Å². The van der Waals surface area contributed by atoms with Gasteiger partial charge in [0.25, 0.3) is 0 Å². The van der Waals surface area contributed by atoms with Gasteiger partial charge in [0.05, 0.1) is 16.5 Å². The van der Waals surface area contributed by atoms with E-state index in [0.29, 0.717) is 73.5 Å². The van der Waals surface area contributed by atoms with E-state index in [2.05, 4.69) is 30.2 Å². The fourth-order valence-corrected chi connectivity index (χ4v) is 13.4. The van der Waals surface area contributed by atoms with Crippen LogP contribution in [0.2, 0.25) is 0 Å². The molecule has 2 aliphatic carbocycles. The molecule has 86 heavy (non-hydrogen) atoms. The van der Waals surface area contributed by atoms with Crippen molar-refractivity contribution in [3.05, 3.63) is 353 Å². The Morgan fingerprint density at radius 2 is 0.756 bits per heavy atom. The fraction of sp³-hybridized carbons (Fsp3) is 0.0256. The molecule has 0 amide bonds. The Hall–Kier alpha value is -11.0. The van der Waals surface area contributed by atoms with Crippen molar-refractivity contribution in [1.29, 1.82) is 0 Å². The van der Waals surface area contributed by atoms with Crippen LogP contribution in [0.1, 0.15) is 55.6 Å². The van der Waals surface area contributed by atoms with Gasteiger partial charge in [0, 0.05) is 33.3 Å². The van der Waals surface area contributed by atoms with Crippen LogP contribution < -0.4 is 14.4 Å². The molecule has 0 fully saturated rings. The highest BCUT2D eigenvalue weighted by Gasteiger charge is 2.50. The van der Waals surface area contributed by atoms with Crippen LogP contribution in [0.15, 0.2) is 278 Å². The van der Waals surface area contributed by atoms with Gasteiger partial charge in [0.2, 0.25) is 0 Å². The normalized spacial score (nSPS) is 15.4. The molecule has 0 radical (unpaired) electrons. The van der Waals surface area contributed by atoms with E-state index in [1.165, 1.54) is 0 Å². The Morgan fingerprint density at radius 3 is 1.23 bits per heavy atom. The van der Waals surface area contributed by atoms with Gasteiger partial charge in [-0.05, 0) is 164 Å². The summed E-state index contributed by atoms with van der Waals surface area (Å²) in [6.07, 6.45) is 3.53. The summed E-state index contributed by atoms with van der Waals surface area (Å²) in [5, 5.41) is 1.79.